The molecule has 0 radical (unpaired) electrons. The summed E-state index contributed by atoms with van der Waals surface area (Å²) in [6.07, 6.45) is -4.66. The van der Waals surface area contributed by atoms with Crippen LogP contribution in [0.1, 0.15) is 35.4 Å². The highest BCUT2D eigenvalue weighted by Gasteiger charge is 2.35. The number of nitrogens with zero attached hydrogens (tertiary/aromatic N) is 2. The van der Waals surface area contributed by atoms with E-state index in [2.05, 4.69) is 10.4 Å². The van der Waals surface area contributed by atoms with Gasteiger partial charge in [-0.3, -0.25) is 4.79 Å². The summed E-state index contributed by atoms with van der Waals surface area (Å²) >= 11 is 5.97. The molecule has 0 aliphatic heterocycles. The molecule has 1 unspecified atom stereocenters. The number of benzene rings is 2. The molecule has 0 spiro atoms. The molecular formula is C24H24ClF4N3O3. The zero-order valence-electron chi connectivity index (χ0n) is 19.0. The molecule has 0 saturated carbocycles. The molecule has 1 N–H and O–H groups in total. The van der Waals surface area contributed by atoms with Crippen molar-refractivity contribution in [2.45, 2.75) is 32.2 Å². The maximum Gasteiger partial charge on any atom is 0.435 e. The number of alkyl halides is 3. The molecule has 1 aromatic heterocycles. The summed E-state index contributed by atoms with van der Waals surface area (Å²) in [5.41, 5.74) is 0.0771. The van der Waals surface area contributed by atoms with Crippen LogP contribution < -0.4 is 5.32 Å². The predicted molar refractivity (Wildman–Crippen MR) is 122 cm³/mol. The average molecular weight is 514 g/mol. The molecular weight excluding hydrogens is 490 g/mol. The van der Waals surface area contributed by atoms with Gasteiger partial charge in [0.25, 0.3) is 0 Å². The van der Waals surface area contributed by atoms with Crippen molar-refractivity contribution in [2.24, 2.45) is 0 Å². The van der Waals surface area contributed by atoms with E-state index in [1.807, 2.05) is 0 Å². The average Bonchev–Trinajstić information content (AvgIpc) is 3.25. The Hall–Kier alpha value is -2.95. The van der Waals surface area contributed by atoms with Crippen LogP contribution in [0.4, 0.5) is 17.6 Å². The number of carbonyl (C=O) groups is 1. The number of methoxy groups -OCH3 is 1. The minimum Gasteiger partial charge on any atom is -0.382 e. The number of halogens is 5. The van der Waals surface area contributed by atoms with Crippen molar-refractivity contribution in [3.63, 3.8) is 0 Å². The second-order valence-corrected chi connectivity index (χ2v) is 8.18. The second-order valence-electron chi connectivity index (χ2n) is 7.75. The van der Waals surface area contributed by atoms with Crippen molar-refractivity contribution in [2.75, 3.05) is 20.3 Å². The lowest BCUT2D eigenvalue weighted by atomic mass is 9.98. The first-order valence-electron chi connectivity index (χ1n) is 10.6. The molecule has 0 fully saturated rings. The topological polar surface area (TPSA) is 65.4 Å². The van der Waals surface area contributed by atoms with E-state index in [0.29, 0.717) is 35.1 Å². The molecule has 188 valence electrons. The summed E-state index contributed by atoms with van der Waals surface area (Å²) in [7, 11) is 1.53. The van der Waals surface area contributed by atoms with Gasteiger partial charge in [-0.1, -0.05) is 29.8 Å². The van der Waals surface area contributed by atoms with E-state index in [1.54, 1.807) is 31.2 Å². The summed E-state index contributed by atoms with van der Waals surface area (Å²) in [4.78, 5) is 12.7. The zero-order chi connectivity index (χ0) is 25.6. The van der Waals surface area contributed by atoms with E-state index in [1.165, 1.54) is 25.3 Å². The van der Waals surface area contributed by atoms with Crippen LogP contribution in [0.5, 0.6) is 0 Å². The molecule has 2 aromatic carbocycles. The van der Waals surface area contributed by atoms with Crippen molar-refractivity contribution >= 4 is 17.5 Å². The third kappa shape index (κ3) is 7.03. The molecule has 35 heavy (non-hydrogen) atoms. The highest BCUT2D eigenvalue weighted by Crippen LogP contribution is 2.30. The summed E-state index contributed by atoms with van der Waals surface area (Å²) in [5.74, 6) is -1.76. The predicted octanol–water partition coefficient (Wildman–Crippen LogP) is 5.27. The summed E-state index contributed by atoms with van der Waals surface area (Å²) in [5, 5.41) is 6.58. The van der Waals surface area contributed by atoms with Gasteiger partial charge >= 0.3 is 6.18 Å². The molecule has 0 aliphatic rings. The Bertz CT molecular complexity index is 1170. The lowest BCUT2D eigenvalue weighted by Gasteiger charge is -2.15. The number of nitrogens with one attached hydrogen (secondary N) is 1. The van der Waals surface area contributed by atoms with E-state index in [4.69, 9.17) is 21.1 Å². The van der Waals surface area contributed by atoms with Gasteiger partial charge < -0.3 is 14.8 Å². The first-order chi connectivity index (χ1) is 16.6. The Morgan fingerprint density at radius 2 is 1.94 bits per heavy atom. The lowest BCUT2D eigenvalue weighted by molar-refractivity contribution is -0.141. The van der Waals surface area contributed by atoms with Crippen LogP contribution in [-0.4, -0.2) is 36.0 Å². The number of hydrogen-bond donors (Lipinski definition) is 1. The summed E-state index contributed by atoms with van der Waals surface area (Å²) < 4.78 is 65.5. The van der Waals surface area contributed by atoms with E-state index < -0.39 is 29.5 Å². The number of aromatic nitrogens is 2. The Morgan fingerprint density at radius 1 is 1.17 bits per heavy atom. The molecule has 1 heterocycles. The third-order valence-electron chi connectivity index (χ3n) is 5.23. The van der Waals surface area contributed by atoms with Crippen molar-refractivity contribution in [3.8, 4) is 5.69 Å². The Balaban J connectivity index is 1.72. The van der Waals surface area contributed by atoms with Crippen LogP contribution in [0.3, 0.4) is 0 Å². The quantitative estimate of drug-likeness (QED) is 0.296. The van der Waals surface area contributed by atoms with Crippen molar-refractivity contribution < 1.29 is 31.8 Å². The summed E-state index contributed by atoms with van der Waals surface area (Å²) in [6.45, 7) is 2.11. The minimum absolute atomic E-state index is 0.0606. The molecule has 0 saturated heterocycles. The largest absolute Gasteiger partial charge is 0.435 e. The smallest absolute Gasteiger partial charge is 0.382 e. The number of ether oxygens (including phenoxy) is 2. The van der Waals surface area contributed by atoms with E-state index in [-0.39, 0.29) is 18.8 Å². The van der Waals surface area contributed by atoms with Gasteiger partial charge in [0, 0.05) is 17.7 Å². The van der Waals surface area contributed by atoms with Crippen molar-refractivity contribution in [1.29, 1.82) is 0 Å². The van der Waals surface area contributed by atoms with Crippen molar-refractivity contribution in [1.82, 2.24) is 15.1 Å². The van der Waals surface area contributed by atoms with Crippen LogP contribution >= 0.6 is 11.6 Å². The second kappa shape index (κ2) is 11.7. The van der Waals surface area contributed by atoms with Crippen molar-refractivity contribution in [3.05, 3.63) is 81.9 Å². The molecule has 1 amide bonds. The highest BCUT2D eigenvalue weighted by molar-refractivity contribution is 6.30. The minimum atomic E-state index is -4.66. The zero-order valence-corrected chi connectivity index (χ0v) is 19.8. The normalized spacial score (nSPS) is 12.5. The van der Waals surface area contributed by atoms with Gasteiger partial charge in [-0.15, -0.1) is 0 Å². The Labute approximate surface area is 204 Å². The number of amides is 1. The van der Waals surface area contributed by atoms with Crippen LogP contribution in [0, 0.1) is 5.82 Å². The Morgan fingerprint density at radius 3 is 2.60 bits per heavy atom. The number of hydrogen-bond acceptors (Lipinski definition) is 4. The van der Waals surface area contributed by atoms with Crippen LogP contribution in [0.2, 0.25) is 5.02 Å². The molecule has 0 aliphatic carbocycles. The van der Waals surface area contributed by atoms with Gasteiger partial charge in [0.2, 0.25) is 5.91 Å². The summed E-state index contributed by atoms with van der Waals surface area (Å²) in [6, 6.07) is 11.4. The van der Waals surface area contributed by atoms with Gasteiger partial charge in [0.05, 0.1) is 43.7 Å². The van der Waals surface area contributed by atoms with E-state index >= 15 is 0 Å². The van der Waals surface area contributed by atoms with E-state index in [0.717, 1.165) is 10.7 Å². The van der Waals surface area contributed by atoms with Gasteiger partial charge in [-0.2, -0.15) is 18.3 Å². The first-order valence-corrected chi connectivity index (χ1v) is 11.0. The van der Waals surface area contributed by atoms with Gasteiger partial charge in [-0.25, -0.2) is 9.07 Å². The third-order valence-corrected chi connectivity index (χ3v) is 5.46. The monoisotopic (exact) mass is 513 g/mol. The number of rotatable bonds is 10. The maximum atomic E-state index is 14.4. The highest BCUT2D eigenvalue weighted by atomic mass is 35.5. The fourth-order valence-corrected chi connectivity index (χ4v) is 3.46. The van der Waals surface area contributed by atoms with Crippen LogP contribution in [0.15, 0.2) is 48.5 Å². The van der Waals surface area contributed by atoms with Gasteiger partial charge in [-0.05, 0) is 42.8 Å². The molecule has 11 heteroatoms. The SMILES string of the molecule is COCCOCc1ccc(C(C)C(=O)NCc2cc(C(F)(F)F)nn2-c2cccc(Cl)c2)cc1F. The Kier molecular flexibility index (Phi) is 8.87. The standard InChI is InChI=1S/C24H24ClF4N3O3/c1-15(16-6-7-17(21(26)10-16)14-35-9-8-34-2)23(33)30-13-20-12-22(24(27,28)29)31-32(20)19-5-3-4-18(25)11-19/h3-7,10-12,15H,8-9,13-14H2,1-2H3,(H,30,33). The molecule has 0 bridgehead atoms. The van der Waals surface area contributed by atoms with Gasteiger partial charge in [0.15, 0.2) is 5.69 Å². The maximum absolute atomic E-state index is 14.4. The van der Waals surface area contributed by atoms with Gasteiger partial charge in [0.1, 0.15) is 5.82 Å². The van der Waals surface area contributed by atoms with E-state index in [9.17, 15) is 22.4 Å². The molecule has 1 atom stereocenters. The van der Waals surface area contributed by atoms with Crippen LogP contribution in [0.25, 0.3) is 5.69 Å². The molecule has 6 nitrogen and oxygen atoms in total. The molecule has 3 rings (SSSR count). The number of carbonyl (C=O) groups excluding carboxylic acids is 1. The fraction of sp³-hybridized carbons (Fsp3) is 0.333. The molecule has 3 aromatic rings. The fourth-order valence-electron chi connectivity index (χ4n) is 3.27. The van der Waals surface area contributed by atoms with Crippen LogP contribution in [-0.2, 0) is 33.6 Å². The lowest BCUT2D eigenvalue weighted by Crippen LogP contribution is -2.28. The first kappa shape index (κ1) is 26.7.